The summed E-state index contributed by atoms with van der Waals surface area (Å²) < 4.78 is 10.9. The van der Waals surface area contributed by atoms with Crippen LogP contribution in [0, 0.1) is 5.92 Å². The minimum atomic E-state index is -0.567. The van der Waals surface area contributed by atoms with Gasteiger partial charge in [0, 0.05) is 6.61 Å². The number of methoxy groups -OCH3 is 1. The largest absolute Gasteiger partial charge is 0.468 e. The SMILES string of the molecule is CCNC(C)(CCCCOC1CCCC(C)C1)C(=O)OC. The summed E-state index contributed by atoms with van der Waals surface area (Å²) in [6.45, 7) is 7.82. The van der Waals surface area contributed by atoms with Crippen LogP contribution in [0.4, 0.5) is 0 Å². The van der Waals surface area contributed by atoms with E-state index < -0.39 is 5.54 Å². The normalized spacial score (nSPS) is 25.3. The molecule has 4 heteroatoms. The molecule has 1 saturated carbocycles. The third-order valence-corrected chi connectivity index (χ3v) is 4.52. The zero-order chi connectivity index (χ0) is 15.7. The number of carbonyl (C=O) groups is 1. The molecule has 0 radical (unpaired) electrons. The van der Waals surface area contributed by atoms with Gasteiger partial charge >= 0.3 is 5.97 Å². The van der Waals surface area contributed by atoms with Crippen LogP contribution in [0.1, 0.15) is 65.7 Å². The zero-order valence-electron chi connectivity index (χ0n) is 14.2. The lowest BCUT2D eigenvalue weighted by Crippen LogP contribution is -2.50. The molecule has 1 rings (SSSR count). The van der Waals surface area contributed by atoms with Crippen LogP contribution in [0.2, 0.25) is 0 Å². The molecule has 21 heavy (non-hydrogen) atoms. The van der Waals surface area contributed by atoms with Gasteiger partial charge in [-0.15, -0.1) is 0 Å². The van der Waals surface area contributed by atoms with Crippen molar-refractivity contribution in [2.45, 2.75) is 77.4 Å². The number of ether oxygens (including phenoxy) is 2. The van der Waals surface area contributed by atoms with Gasteiger partial charge in [-0.2, -0.15) is 0 Å². The predicted octanol–water partition coefficient (Wildman–Crippen LogP) is 3.29. The monoisotopic (exact) mass is 299 g/mol. The number of nitrogens with one attached hydrogen (secondary N) is 1. The second kappa shape index (κ2) is 9.42. The lowest BCUT2D eigenvalue weighted by molar-refractivity contribution is -0.148. The molecule has 4 nitrogen and oxygen atoms in total. The molecule has 0 aliphatic heterocycles. The van der Waals surface area contributed by atoms with Gasteiger partial charge in [-0.3, -0.25) is 4.79 Å². The molecule has 0 saturated heterocycles. The van der Waals surface area contributed by atoms with Crippen LogP contribution in [0.5, 0.6) is 0 Å². The van der Waals surface area contributed by atoms with E-state index >= 15 is 0 Å². The summed E-state index contributed by atoms with van der Waals surface area (Å²) in [6.07, 6.45) is 8.28. The van der Waals surface area contributed by atoms with Gasteiger partial charge in [-0.05, 0) is 51.5 Å². The first-order valence-electron chi connectivity index (χ1n) is 8.47. The van der Waals surface area contributed by atoms with Gasteiger partial charge in [0.05, 0.1) is 13.2 Å². The van der Waals surface area contributed by atoms with Gasteiger partial charge in [0.2, 0.25) is 0 Å². The Morgan fingerprint density at radius 2 is 2.10 bits per heavy atom. The van der Waals surface area contributed by atoms with Crippen molar-refractivity contribution < 1.29 is 14.3 Å². The molecule has 0 aromatic carbocycles. The quantitative estimate of drug-likeness (QED) is 0.524. The van der Waals surface area contributed by atoms with Crippen LogP contribution in [0.3, 0.4) is 0 Å². The van der Waals surface area contributed by atoms with E-state index in [2.05, 4.69) is 12.2 Å². The second-order valence-corrected chi connectivity index (χ2v) is 6.58. The molecule has 1 fully saturated rings. The molecule has 3 atom stereocenters. The fourth-order valence-corrected chi connectivity index (χ4v) is 3.24. The average molecular weight is 299 g/mol. The summed E-state index contributed by atoms with van der Waals surface area (Å²) in [5.74, 6) is 0.631. The molecule has 0 spiro atoms. The maximum Gasteiger partial charge on any atom is 0.325 e. The average Bonchev–Trinajstić information content (AvgIpc) is 2.46. The Morgan fingerprint density at radius 1 is 1.33 bits per heavy atom. The van der Waals surface area contributed by atoms with Crippen LogP contribution in [0.15, 0.2) is 0 Å². The van der Waals surface area contributed by atoms with Crippen molar-refractivity contribution in [2.24, 2.45) is 5.92 Å². The first-order valence-corrected chi connectivity index (χ1v) is 8.47. The summed E-state index contributed by atoms with van der Waals surface area (Å²) in [4.78, 5) is 11.9. The maximum absolute atomic E-state index is 11.9. The van der Waals surface area contributed by atoms with E-state index in [4.69, 9.17) is 9.47 Å². The molecule has 0 aromatic rings. The van der Waals surface area contributed by atoms with E-state index in [0.29, 0.717) is 6.10 Å². The van der Waals surface area contributed by atoms with Gasteiger partial charge in [-0.25, -0.2) is 0 Å². The van der Waals surface area contributed by atoms with Crippen molar-refractivity contribution >= 4 is 5.97 Å². The van der Waals surface area contributed by atoms with Crippen molar-refractivity contribution in [2.75, 3.05) is 20.3 Å². The maximum atomic E-state index is 11.9. The number of esters is 1. The number of carbonyl (C=O) groups excluding carboxylic acids is 1. The highest BCUT2D eigenvalue weighted by molar-refractivity contribution is 5.80. The van der Waals surface area contributed by atoms with Crippen LogP contribution >= 0.6 is 0 Å². The Bertz CT molecular complexity index is 308. The number of rotatable bonds is 9. The van der Waals surface area contributed by atoms with Crippen molar-refractivity contribution in [1.29, 1.82) is 0 Å². The summed E-state index contributed by atoms with van der Waals surface area (Å²) in [5, 5.41) is 3.24. The molecule has 124 valence electrons. The van der Waals surface area contributed by atoms with Gasteiger partial charge in [0.15, 0.2) is 0 Å². The predicted molar refractivity (Wildman–Crippen MR) is 85.3 cm³/mol. The first-order chi connectivity index (χ1) is 10.0. The van der Waals surface area contributed by atoms with Crippen LogP contribution in [0.25, 0.3) is 0 Å². The van der Waals surface area contributed by atoms with Crippen molar-refractivity contribution in [3.63, 3.8) is 0 Å². The summed E-state index contributed by atoms with van der Waals surface area (Å²) in [6, 6.07) is 0. The Labute approximate surface area is 130 Å². The van der Waals surface area contributed by atoms with E-state index in [9.17, 15) is 4.79 Å². The van der Waals surface area contributed by atoms with Crippen LogP contribution in [-0.2, 0) is 14.3 Å². The van der Waals surface area contributed by atoms with Crippen molar-refractivity contribution in [3.8, 4) is 0 Å². The smallest absolute Gasteiger partial charge is 0.325 e. The standard InChI is InChI=1S/C17H33NO3/c1-5-18-17(3,16(19)20-4)11-6-7-12-21-15-10-8-9-14(2)13-15/h14-15,18H,5-13H2,1-4H3. The fourth-order valence-electron chi connectivity index (χ4n) is 3.24. The summed E-state index contributed by atoms with van der Waals surface area (Å²) in [7, 11) is 1.45. The Morgan fingerprint density at radius 3 is 2.71 bits per heavy atom. The molecular formula is C17H33NO3. The van der Waals surface area contributed by atoms with Gasteiger partial charge < -0.3 is 14.8 Å². The van der Waals surface area contributed by atoms with Gasteiger partial charge in [0.25, 0.3) is 0 Å². The van der Waals surface area contributed by atoms with Crippen molar-refractivity contribution in [1.82, 2.24) is 5.32 Å². The number of hydrogen-bond acceptors (Lipinski definition) is 4. The van der Waals surface area contributed by atoms with Gasteiger partial charge in [-0.1, -0.05) is 26.7 Å². The second-order valence-electron chi connectivity index (χ2n) is 6.58. The highest BCUT2D eigenvalue weighted by Crippen LogP contribution is 2.26. The molecule has 1 aliphatic rings. The molecule has 1 aliphatic carbocycles. The Balaban J connectivity index is 2.20. The molecule has 0 amide bonds. The highest BCUT2D eigenvalue weighted by Gasteiger charge is 2.32. The van der Waals surface area contributed by atoms with E-state index in [1.807, 2.05) is 13.8 Å². The van der Waals surface area contributed by atoms with E-state index in [-0.39, 0.29) is 5.97 Å². The summed E-state index contributed by atoms with van der Waals surface area (Å²) >= 11 is 0. The molecule has 3 unspecified atom stereocenters. The molecule has 0 bridgehead atoms. The van der Waals surface area contributed by atoms with E-state index in [0.717, 1.165) is 38.3 Å². The lowest BCUT2D eigenvalue weighted by Gasteiger charge is -2.28. The third-order valence-electron chi connectivity index (χ3n) is 4.52. The topological polar surface area (TPSA) is 47.6 Å². The summed E-state index contributed by atoms with van der Waals surface area (Å²) in [5.41, 5.74) is -0.567. The minimum Gasteiger partial charge on any atom is -0.468 e. The lowest BCUT2D eigenvalue weighted by atomic mass is 9.89. The minimum absolute atomic E-state index is 0.175. The molecule has 0 heterocycles. The molecular weight excluding hydrogens is 266 g/mol. The number of unbranched alkanes of at least 4 members (excludes halogenated alkanes) is 1. The fraction of sp³-hybridized carbons (Fsp3) is 0.941. The third kappa shape index (κ3) is 6.35. The molecule has 1 N–H and O–H groups in total. The highest BCUT2D eigenvalue weighted by atomic mass is 16.5. The number of likely N-dealkylation sites (N-methyl/N-ethyl adjacent to an activating group) is 1. The molecule has 0 aromatic heterocycles. The van der Waals surface area contributed by atoms with Crippen LogP contribution in [-0.4, -0.2) is 37.9 Å². The van der Waals surface area contributed by atoms with E-state index in [1.165, 1.54) is 32.8 Å². The van der Waals surface area contributed by atoms with Crippen LogP contribution < -0.4 is 5.32 Å². The van der Waals surface area contributed by atoms with E-state index in [1.54, 1.807) is 0 Å². The number of hydrogen-bond donors (Lipinski definition) is 1. The Kier molecular flexibility index (Phi) is 8.27. The van der Waals surface area contributed by atoms with Crippen molar-refractivity contribution in [3.05, 3.63) is 0 Å². The zero-order valence-corrected chi connectivity index (χ0v) is 14.2. The first kappa shape index (κ1) is 18.4. The Hall–Kier alpha value is -0.610. The van der Waals surface area contributed by atoms with Gasteiger partial charge in [0.1, 0.15) is 5.54 Å².